The van der Waals surface area contributed by atoms with Crippen LogP contribution in [0.4, 0.5) is 0 Å². The summed E-state index contributed by atoms with van der Waals surface area (Å²) in [4.78, 5) is 28.8. The molecule has 3 rings (SSSR count). The van der Waals surface area contributed by atoms with Gasteiger partial charge in [-0.3, -0.25) is 9.59 Å². The van der Waals surface area contributed by atoms with Crippen LogP contribution in [-0.2, 0) is 39.1 Å². The zero-order valence-electron chi connectivity index (χ0n) is 21.9. The van der Waals surface area contributed by atoms with Crippen molar-refractivity contribution in [1.29, 1.82) is 0 Å². The van der Waals surface area contributed by atoms with Crippen LogP contribution >= 0.6 is 11.6 Å². The molecule has 0 aliphatic heterocycles. The van der Waals surface area contributed by atoms with Crippen molar-refractivity contribution in [2.75, 3.05) is 26.0 Å². The summed E-state index contributed by atoms with van der Waals surface area (Å²) in [5.74, 6) is -0.895. The van der Waals surface area contributed by atoms with Crippen LogP contribution in [0.1, 0.15) is 23.1 Å². The number of nitrogens with one attached hydrogen (secondary N) is 1. The van der Waals surface area contributed by atoms with Crippen molar-refractivity contribution < 1.29 is 23.1 Å². The maximum absolute atomic E-state index is 13.9. The number of rotatable bonds is 14. The Morgan fingerprint density at radius 1 is 0.872 bits per heavy atom. The molecule has 0 aliphatic rings. The van der Waals surface area contributed by atoms with Gasteiger partial charge in [0.15, 0.2) is 0 Å². The first-order chi connectivity index (χ1) is 18.7. The summed E-state index contributed by atoms with van der Waals surface area (Å²) >= 11 is 6.06. The van der Waals surface area contributed by atoms with Gasteiger partial charge in [0.2, 0.25) is 21.8 Å². The Balaban J connectivity index is 1.97. The summed E-state index contributed by atoms with van der Waals surface area (Å²) < 4.78 is 26.5. The first-order valence-electron chi connectivity index (χ1n) is 12.6. The highest BCUT2D eigenvalue weighted by atomic mass is 35.5. The van der Waals surface area contributed by atoms with E-state index in [4.69, 9.17) is 11.6 Å². The van der Waals surface area contributed by atoms with E-state index in [1.54, 1.807) is 48.5 Å². The minimum Gasteiger partial charge on any atom is -0.396 e. The quantitative estimate of drug-likeness (QED) is 0.289. The lowest BCUT2D eigenvalue weighted by atomic mass is 10.0. The second-order valence-electron chi connectivity index (χ2n) is 9.24. The van der Waals surface area contributed by atoms with Crippen molar-refractivity contribution in [3.63, 3.8) is 0 Å². The number of hydrogen-bond donors (Lipinski definition) is 2. The van der Waals surface area contributed by atoms with Crippen LogP contribution in [-0.4, -0.2) is 66.5 Å². The molecular formula is C29H34ClN3O5S. The number of aliphatic hydroxyl groups is 1. The molecule has 208 valence electrons. The van der Waals surface area contributed by atoms with Crippen LogP contribution in [0.2, 0.25) is 5.02 Å². The number of hydrogen-bond acceptors (Lipinski definition) is 5. The van der Waals surface area contributed by atoms with Crippen LogP contribution in [0.25, 0.3) is 0 Å². The van der Waals surface area contributed by atoms with Crippen molar-refractivity contribution in [1.82, 2.24) is 14.5 Å². The van der Waals surface area contributed by atoms with E-state index >= 15 is 0 Å². The molecular weight excluding hydrogens is 538 g/mol. The lowest BCUT2D eigenvalue weighted by molar-refractivity contribution is -0.141. The first kappa shape index (κ1) is 30.3. The van der Waals surface area contributed by atoms with E-state index in [0.717, 1.165) is 27.3 Å². The third-order valence-corrected chi connectivity index (χ3v) is 7.60. The van der Waals surface area contributed by atoms with Gasteiger partial charge in [-0.15, -0.1) is 0 Å². The fraction of sp³-hybridized carbons (Fsp3) is 0.310. The lowest BCUT2D eigenvalue weighted by Gasteiger charge is -2.33. The van der Waals surface area contributed by atoms with Crippen LogP contribution in [0.5, 0.6) is 0 Å². The third-order valence-electron chi connectivity index (χ3n) is 6.15. The molecule has 39 heavy (non-hydrogen) atoms. The molecule has 0 bridgehead atoms. The second-order valence-corrected chi connectivity index (χ2v) is 11.7. The van der Waals surface area contributed by atoms with Gasteiger partial charge in [-0.05, 0) is 35.2 Å². The monoisotopic (exact) mass is 571 g/mol. The third kappa shape index (κ3) is 9.78. The molecule has 0 heterocycles. The minimum atomic E-state index is -3.75. The largest absolute Gasteiger partial charge is 0.396 e. The Bertz CT molecular complexity index is 1310. The second kappa shape index (κ2) is 14.8. The highest BCUT2D eigenvalue weighted by Gasteiger charge is 2.32. The molecule has 0 saturated carbocycles. The van der Waals surface area contributed by atoms with E-state index in [0.29, 0.717) is 11.4 Å². The van der Waals surface area contributed by atoms with Crippen molar-refractivity contribution >= 4 is 33.4 Å². The maximum Gasteiger partial charge on any atom is 0.243 e. The fourth-order valence-corrected chi connectivity index (χ4v) is 4.92. The average Bonchev–Trinajstić information content (AvgIpc) is 2.92. The topological polar surface area (TPSA) is 107 Å². The smallest absolute Gasteiger partial charge is 0.243 e. The summed E-state index contributed by atoms with van der Waals surface area (Å²) in [6.07, 6.45) is 1.66. The molecule has 3 aromatic carbocycles. The van der Waals surface area contributed by atoms with E-state index in [2.05, 4.69) is 5.32 Å². The predicted octanol–water partition coefficient (Wildman–Crippen LogP) is 3.24. The first-order valence-corrected chi connectivity index (χ1v) is 14.9. The number of nitrogens with zero attached hydrogens (tertiary/aromatic N) is 2. The van der Waals surface area contributed by atoms with E-state index in [-0.39, 0.29) is 38.6 Å². The zero-order valence-corrected chi connectivity index (χ0v) is 23.4. The van der Waals surface area contributed by atoms with Crippen LogP contribution in [0, 0.1) is 0 Å². The van der Waals surface area contributed by atoms with Crippen molar-refractivity contribution in [2.24, 2.45) is 0 Å². The van der Waals surface area contributed by atoms with Crippen molar-refractivity contribution in [3.05, 3.63) is 107 Å². The van der Waals surface area contributed by atoms with Gasteiger partial charge >= 0.3 is 0 Å². The van der Waals surface area contributed by atoms with E-state index in [9.17, 15) is 23.1 Å². The normalized spacial score (nSPS) is 12.2. The number of carbonyl (C=O) groups excluding carboxylic acids is 2. The van der Waals surface area contributed by atoms with Crippen LogP contribution in [0.15, 0.2) is 84.9 Å². The van der Waals surface area contributed by atoms with E-state index in [1.807, 2.05) is 36.4 Å². The van der Waals surface area contributed by atoms with E-state index in [1.165, 1.54) is 4.90 Å². The Morgan fingerprint density at radius 2 is 1.44 bits per heavy atom. The Kier molecular flexibility index (Phi) is 11.5. The summed E-state index contributed by atoms with van der Waals surface area (Å²) in [6.45, 7) is -0.181. The molecule has 0 aliphatic carbocycles. The zero-order chi connectivity index (χ0) is 28.3. The van der Waals surface area contributed by atoms with Gasteiger partial charge in [0, 0.05) is 37.7 Å². The number of carbonyl (C=O) groups is 2. The average molecular weight is 572 g/mol. The van der Waals surface area contributed by atoms with Crippen LogP contribution < -0.4 is 5.32 Å². The van der Waals surface area contributed by atoms with Crippen LogP contribution in [0.3, 0.4) is 0 Å². The molecule has 8 nitrogen and oxygen atoms in total. The summed E-state index contributed by atoms with van der Waals surface area (Å²) in [7, 11) is -3.75. The molecule has 0 radical (unpaired) electrons. The maximum atomic E-state index is 13.9. The van der Waals surface area contributed by atoms with Gasteiger partial charge in [0.25, 0.3) is 0 Å². The predicted molar refractivity (Wildman–Crippen MR) is 152 cm³/mol. The molecule has 0 aromatic heterocycles. The SMILES string of the molecule is CS(=O)(=O)N(CC(=O)N(Cc1ccc(Cl)cc1)[C@H](Cc1ccccc1)C(=O)NCCCO)Cc1ccccc1. The minimum absolute atomic E-state index is 0.0201. The van der Waals surface area contributed by atoms with Gasteiger partial charge in [-0.25, -0.2) is 8.42 Å². The molecule has 2 amide bonds. The molecule has 10 heteroatoms. The van der Waals surface area contributed by atoms with Crippen molar-refractivity contribution in [3.8, 4) is 0 Å². The van der Waals surface area contributed by atoms with Gasteiger partial charge in [0.1, 0.15) is 6.04 Å². The van der Waals surface area contributed by atoms with Gasteiger partial charge < -0.3 is 15.3 Å². The molecule has 0 unspecified atom stereocenters. The highest BCUT2D eigenvalue weighted by molar-refractivity contribution is 7.88. The number of amides is 2. The standard InChI is InChI=1S/C29H34ClN3O5S/c1-39(37,38)32(20-24-11-6-3-7-12-24)22-28(35)33(21-25-13-15-26(30)16-14-25)27(29(36)31-17-8-18-34)19-23-9-4-2-5-10-23/h2-7,9-16,27,34H,8,17-22H2,1H3,(H,31,36)/t27-/m1/s1. The van der Waals surface area contributed by atoms with Gasteiger partial charge in [-0.2, -0.15) is 4.31 Å². The molecule has 0 fully saturated rings. The van der Waals surface area contributed by atoms with Gasteiger partial charge in [0.05, 0.1) is 12.8 Å². The van der Waals surface area contributed by atoms with Crippen molar-refractivity contribution in [2.45, 2.75) is 32.0 Å². The summed E-state index contributed by atoms with van der Waals surface area (Å²) in [5, 5.41) is 12.5. The Labute approximate surface area is 235 Å². The summed E-state index contributed by atoms with van der Waals surface area (Å²) in [6, 6.07) is 24.3. The fourth-order valence-electron chi connectivity index (χ4n) is 4.07. The molecule has 3 aromatic rings. The number of halogens is 1. The number of sulfonamides is 1. The molecule has 0 saturated heterocycles. The molecule has 0 spiro atoms. The number of benzene rings is 3. The lowest BCUT2D eigenvalue weighted by Crippen LogP contribution is -2.53. The Hall–Kier alpha value is -3.24. The summed E-state index contributed by atoms with van der Waals surface area (Å²) in [5.41, 5.74) is 2.32. The molecule has 2 N–H and O–H groups in total. The number of aliphatic hydroxyl groups excluding tert-OH is 1. The highest BCUT2D eigenvalue weighted by Crippen LogP contribution is 2.18. The Morgan fingerprint density at radius 3 is 2.00 bits per heavy atom. The van der Waals surface area contributed by atoms with E-state index < -0.39 is 28.5 Å². The molecule has 1 atom stereocenters. The van der Waals surface area contributed by atoms with Gasteiger partial charge in [-0.1, -0.05) is 84.4 Å².